The average molecular weight is 310 g/mol. The number of urea groups is 1. The fourth-order valence-corrected chi connectivity index (χ4v) is 3.79. The second-order valence-electron chi connectivity index (χ2n) is 5.63. The Labute approximate surface area is 129 Å². The van der Waals surface area contributed by atoms with Gasteiger partial charge in [-0.05, 0) is 41.7 Å². The first-order valence-corrected chi connectivity index (χ1v) is 8.45. The van der Waals surface area contributed by atoms with Crippen LogP contribution in [0.5, 0.6) is 0 Å². The molecule has 1 N–H and O–H groups in total. The number of carbonyl (C=O) groups excluding carboxylic acids is 1. The summed E-state index contributed by atoms with van der Waals surface area (Å²) in [5.41, 5.74) is 2.42. The van der Waals surface area contributed by atoms with E-state index in [1.54, 1.807) is 11.3 Å². The third kappa shape index (κ3) is 3.39. The highest BCUT2D eigenvalue weighted by Gasteiger charge is 2.35. The van der Waals surface area contributed by atoms with Gasteiger partial charge in [0.25, 0.3) is 0 Å². The minimum absolute atomic E-state index is 0.00981. The summed E-state index contributed by atoms with van der Waals surface area (Å²) in [5.74, 6) is 0. The predicted octanol–water partition coefficient (Wildman–Crippen LogP) is 2.15. The van der Waals surface area contributed by atoms with E-state index in [0.717, 1.165) is 19.4 Å². The molecule has 0 spiro atoms. The molecule has 0 aromatic carbocycles. The zero-order valence-electron chi connectivity index (χ0n) is 12.3. The van der Waals surface area contributed by atoms with Gasteiger partial charge in [-0.3, -0.25) is 0 Å². The van der Waals surface area contributed by atoms with Crippen molar-refractivity contribution in [2.45, 2.75) is 38.5 Å². The second-order valence-corrected chi connectivity index (χ2v) is 6.37. The lowest BCUT2D eigenvalue weighted by Crippen LogP contribution is -2.56. The lowest BCUT2D eigenvalue weighted by atomic mass is 10.1. The Morgan fingerprint density at radius 3 is 3.10 bits per heavy atom. The Bertz CT molecular complexity index is 485. The van der Waals surface area contributed by atoms with Crippen molar-refractivity contribution in [2.75, 3.05) is 26.4 Å². The van der Waals surface area contributed by atoms with Crippen molar-refractivity contribution in [1.29, 1.82) is 0 Å². The first-order valence-electron chi connectivity index (χ1n) is 7.51. The second kappa shape index (κ2) is 6.77. The third-order valence-electron chi connectivity index (χ3n) is 4.21. The molecule has 21 heavy (non-hydrogen) atoms. The van der Waals surface area contributed by atoms with Gasteiger partial charge in [0.05, 0.1) is 25.4 Å². The van der Waals surface area contributed by atoms with E-state index in [9.17, 15) is 4.79 Å². The Morgan fingerprint density at radius 2 is 2.38 bits per heavy atom. The Kier molecular flexibility index (Phi) is 4.77. The van der Waals surface area contributed by atoms with Crippen LogP contribution in [0.15, 0.2) is 10.8 Å². The molecular weight excluding hydrogens is 288 g/mol. The summed E-state index contributed by atoms with van der Waals surface area (Å²) in [4.78, 5) is 14.4. The molecule has 2 atom stereocenters. The first-order chi connectivity index (χ1) is 10.3. The van der Waals surface area contributed by atoms with Crippen molar-refractivity contribution in [3.8, 4) is 0 Å². The summed E-state index contributed by atoms with van der Waals surface area (Å²) < 4.78 is 11.3. The Morgan fingerprint density at radius 1 is 1.48 bits per heavy atom. The quantitative estimate of drug-likeness (QED) is 0.930. The standard InChI is InChI=1S/C15H22N2O3S/c1-11-9-21-10-12(11)7-16-15(18)17-4-6-19-8-13(17)14-3-2-5-20-14/h9-10,13-14H,2-8H2,1H3,(H,16,18)/t13-,14+/m0/s1. The number of nitrogens with zero attached hydrogens (tertiary/aromatic N) is 1. The molecule has 2 aliphatic heterocycles. The highest BCUT2D eigenvalue weighted by Crippen LogP contribution is 2.22. The molecule has 1 aromatic heterocycles. The molecule has 3 rings (SSSR count). The van der Waals surface area contributed by atoms with Crippen molar-refractivity contribution < 1.29 is 14.3 Å². The molecule has 0 bridgehead atoms. The summed E-state index contributed by atoms with van der Waals surface area (Å²) in [6.45, 7) is 5.28. The topological polar surface area (TPSA) is 50.8 Å². The Balaban J connectivity index is 1.59. The van der Waals surface area contributed by atoms with Crippen LogP contribution in [0.2, 0.25) is 0 Å². The van der Waals surface area contributed by atoms with Gasteiger partial charge in [-0.1, -0.05) is 0 Å². The first kappa shape index (κ1) is 14.8. The third-order valence-corrected chi connectivity index (χ3v) is 5.12. The van der Waals surface area contributed by atoms with E-state index in [1.165, 1.54) is 11.1 Å². The van der Waals surface area contributed by atoms with Crippen LogP contribution < -0.4 is 5.32 Å². The van der Waals surface area contributed by atoms with Crippen LogP contribution in [0.25, 0.3) is 0 Å². The number of ether oxygens (including phenoxy) is 2. The number of rotatable bonds is 3. The molecule has 0 aliphatic carbocycles. The molecule has 0 radical (unpaired) electrons. The monoisotopic (exact) mass is 310 g/mol. The summed E-state index contributed by atoms with van der Waals surface area (Å²) in [6, 6.07) is 0.0363. The molecule has 116 valence electrons. The normalized spacial score (nSPS) is 26.0. The van der Waals surface area contributed by atoms with Crippen LogP contribution in [0.4, 0.5) is 4.79 Å². The highest BCUT2D eigenvalue weighted by atomic mass is 32.1. The molecule has 3 heterocycles. The smallest absolute Gasteiger partial charge is 0.318 e. The van der Waals surface area contributed by atoms with Crippen molar-refractivity contribution in [3.05, 3.63) is 21.9 Å². The summed E-state index contributed by atoms with van der Waals surface area (Å²) in [5, 5.41) is 7.22. The Hall–Kier alpha value is -1.11. The lowest BCUT2D eigenvalue weighted by Gasteiger charge is -2.38. The number of thiophene rings is 1. The van der Waals surface area contributed by atoms with E-state index < -0.39 is 0 Å². The fourth-order valence-electron chi connectivity index (χ4n) is 2.93. The zero-order valence-corrected chi connectivity index (χ0v) is 13.2. The van der Waals surface area contributed by atoms with Crippen molar-refractivity contribution in [3.63, 3.8) is 0 Å². The number of morpholine rings is 1. The largest absolute Gasteiger partial charge is 0.377 e. The lowest BCUT2D eigenvalue weighted by molar-refractivity contribution is -0.0473. The van der Waals surface area contributed by atoms with E-state index in [2.05, 4.69) is 23.0 Å². The molecule has 2 fully saturated rings. The van der Waals surface area contributed by atoms with Crippen LogP contribution >= 0.6 is 11.3 Å². The van der Waals surface area contributed by atoms with Gasteiger partial charge in [0.2, 0.25) is 0 Å². The number of hydrogen-bond donors (Lipinski definition) is 1. The van der Waals surface area contributed by atoms with Gasteiger partial charge >= 0.3 is 6.03 Å². The number of hydrogen-bond acceptors (Lipinski definition) is 4. The summed E-state index contributed by atoms with van der Waals surface area (Å²) >= 11 is 1.67. The highest BCUT2D eigenvalue weighted by molar-refractivity contribution is 7.08. The zero-order chi connectivity index (χ0) is 14.7. The summed E-state index contributed by atoms with van der Waals surface area (Å²) in [7, 11) is 0. The minimum Gasteiger partial charge on any atom is -0.377 e. The molecule has 2 amide bonds. The van der Waals surface area contributed by atoms with Crippen molar-refractivity contribution in [2.24, 2.45) is 0 Å². The van der Waals surface area contributed by atoms with Gasteiger partial charge in [0.1, 0.15) is 0 Å². The van der Waals surface area contributed by atoms with Crippen molar-refractivity contribution >= 4 is 17.4 Å². The summed E-state index contributed by atoms with van der Waals surface area (Å²) in [6.07, 6.45) is 2.21. The SMILES string of the molecule is Cc1cscc1CNC(=O)N1CCOC[C@H]1[C@H]1CCCO1. The van der Waals surface area contributed by atoms with E-state index in [1.807, 2.05) is 4.90 Å². The maximum Gasteiger partial charge on any atom is 0.318 e. The predicted molar refractivity (Wildman–Crippen MR) is 81.6 cm³/mol. The average Bonchev–Trinajstić information content (AvgIpc) is 3.16. The van der Waals surface area contributed by atoms with Gasteiger partial charge in [-0.15, -0.1) is 0 Å². The van der Waals surface area contributed by atoms with Crippen molar-refractivity contribution in [1.82, 2.24) is 10.2 Å². The van der Waals surface area contributed by atoms with Crippen LogP contribution in [0, 0.1) is 6.92 Å². The van der Waals surface area contributed by atoms with Crippen LogP contribution in [0.1, 0.15) is 24.0 Å². The van der Waals surface area contributed by atoms with Crippen LogP contribution in [0.3, 0.4) is 0 Å². The fraction of sp³-hybridized carbons (Fsp3) is 0.667. The molecule has 1 aromatic rings. The minimum atomic E-state index is -0.00981. The number of amides is 2. The van der Waals surface area contributed by atoms with Gasteiger partial charge in [0, 0.05) is 19.7 Å². The number of aryl methyl sites for hydroxylation is 1. The maximum absolute atomic E-state index is 12.5. The maximum atomic E-state index is 12.5. The molecule has 0 unspecified atom stereocenters. The molecular formula is C15H22N2O3S. The molecule has 6 heteroatoms. The van der Waals surface area contributed by atoms with E-state index >= 15 is 0 Å². The number of carbonyl (C=O) groups is 1. The van der Waals surface area contributed by atoms with Gasteiger partial charge in [0.15, 0.2) is 0 Å². The molecule has 0 saturated carbocycles. The van der Waals surface area contributed by atoms with Gasteiger partial charge < -0.3 is 19.7 Å². The van der Waals surface area contributed by atoms with E-state index in [-0.39, 0.29) is 18.2 Å². The van der Waals surface area contributed by atoms with E-state index in [4.69, 9.17) is 9.47 Å². The molecule has 2 saturated heterocycles. The van der Waals surface area contributed by atoms with Crippen LogP contribution in [-0.4, -0.2) is 49.4 Å². The van der Waals surface area contributed by atoms with E-state index in [0.29, 0.717) is 26.3 Å². The van der Waals surface area contributed by atoms with Crippen LogP contribution in [-0.2, 0) is 16.0 Å². The molecule has 2 aliphatic rings. The van der Waals surface area contributed by atoms with Gasteiger partial charge in [-0.25, -0.2) is 4.79 Å². The molecule has 5 nitrogen and oxygen atoms in total. The van der Waals surface area contributed by atoms with Gasteiger partial charge in [-0.2, -0.15) is 11.3 Å². The number of nitrogens with one attached hydrogen (secondary N) is 1.